The molecule has 1 fully saturated rings. The summed E-state index contributed by atoms with van der Waals surface area (Å²) in [6, 6.07) is 16.6. The van der Waals surface area contributed by atoms with Crippen molar-refractivity contribution in [2.45, 2.75) is 37.8 Å². The number of para-hydroxylation sites is 1. The van der Waals surface area contributed by atoms with Gasteiger partial charge in [-0.1, -0.05) is 43.2 Å². The number of anilines is 4. The first-order valence-electron chi connectivity index (χ1n) is 9.62. The summed E-state index contributed by atoms with van der Waals surface area (Å²) in [4.78, 5) is 7.94. The van der Waals surface area contributed by atoms with Crippen LogP contribution in [0.3, 0.4) is 0 Å². The summed E-state index contributed by atoms with van der Waals surface area (Å²) in [6.45, 7) is 0. The van der Waals surface area contributed by atoms with Crippen LogP contribution in [0.5, 0.6) is 0 Å². The number of alkyl halides is 3. The molecular formula is C22H21F3N4. The van der Waals surface area contributed by atoms with Gasteiger partial charge in [-0.25, -0.2) is 4.98 Å². The molecule has 7 heteroatoms. The number of hydrogen-bond acceptors (Lipinski definition) is 4. The summed E-state index contributed by atoms with van der Waals surface area (Å²) in [5.41, 5.74) is 1.64. The van der Waals surface area contributed by atoms with Crippen LogP contribution in [0.1, 0.15) is 42.7 Å². The lowest BCUT2D eigenvalue weighted by molar-refractivity contribution is -0.137. The van der Waals surface area contributed by atoms with E-state index in [2.05, 4.69) is 32.7 Å². The highest BCUT2D eigenvalue weighted by Gasteiger charge is 2.35. The molecule has 0 spiro atoms. The molecule has 0 radical (unpaired) electrons. The van der Waals surface area contributed by atoms with Crippen molar-refractivity contribution >= 4 is 23.1 Å². The lowest BCUT2D eigenvalue weighted by Crippen LogP contribution is -2.12. The maximum absolute atomic E-state index is 13.4. The fourth-order valence-corrected chi connectivity index (χ4v) is 3.63. The molecule has 2 aromatic carbocycles. The zero-order valence-corrected chi connectivity index (χ0v) is 15.7. The summed E-state index contributed by atoms with van der Waals surface area (Å²) in [5, 5.41) is 5.74. The van der Waals surface area contributed by atoms with Crippen LogP contribution < -0.4 is 10.6 Å². The van der Waals surface area contributed by atoms with Crippen molar-refractivity contribution in [3.63, 3.8) is 0 Å². The minimum absolute atomic E-state index is 0.102. The smallest absolute Gasteiger partial charge is 0.340 e. The van der Waals surface area contributed by atoms with Gasteiger partial charge in [0.1, 0.15) is 11.4 Å². The van der Waals surface area contributed by atoms with Crippen molar-refractivity contribution in [1.82, 2.24) is 9.97 Å². The quantitative estimate of drug-likeness (QED) is 0.506. The molecular weight excluding hydrogens is 377 g/mol. The SMILES string of the molecule is FC(F)(F)c1cnc(Nc2ccc(C3CCCC3)cc2)nc1Nc1ccccc1. The molecule has 29 heavy (non-hydrogen) atoms. The van der Waals surface area contributed by atoms with Crippen molar-refractivity contribution in [1.29, 1.82) is 0 Å². The second-order valence-electron chi connectivity index (χ2n) is 7.17. The number of halogens is 3. The van der Waals surface area contributed by atoms with E-state index in [9.17, 15) is 13.2 Å². The number of rotatable bonds is 5. The van der Waals surface area contributed by atoms with Crippen LogP contribution in [-0.2, 0) is 6.18 Å². The number of nitrogens with zero attached hydrogens (tertiary/aromatic N) is 2. The fraction of sp³-hybridized carbons (Fsp3) is 0.273. The van der Waals surface area contributed by atoms with E-state index in [0.29, 0.717) is 11.6 Å². The van der Waals surface area contributed by atoms with Crippen molar-refractivity contribution in [2.24, 2.45) is 0 Å². The predicted molar refractivity (Wildman–Crippen MR) is 108 cm³/mol. The van der Waals surface area contributed by atoms with Crippen molar-refractivity contribution in [3.8, 4) is 0 Å². The average molecular weight is 398 g/mol. The summed E-state index contributed by atoms with van der Waals surface area (Å²) in [7, 11) is 0. The first-order chi connectivity index (χ1) is 14.0. The van der Waals surface area contributed by atoms with Crippen molar-refractivity contribution < 1.29 is 13.2 Å². The first-order valence-corrected chi connectivity index (χ1v) is 9.62. The Hall–Kier alpha value is -3.09. The fourth-order valence-electron chi connectivity index (χ4n) is 3.63. The Bertz CT molecular complexity index is 950. The largest absolute Gasteiger partial charge is 0.421 e. The molecule has 1 aromatic heterocycles. The van der Waals surface area contributed by atoms with Crippen LogP contribution in [0.2, 0.25) is 0 Å². The Morgan fingerprint density at radius 1 is 0.828 bits per heavy atom. The van der Waals surface area contributed by atoms with Gasteiger partial charge < -0.3 is 10.6 Å². The zero-order chi connectivity index (χ0) is 20.3. The van der Waals surface area contributed by atoms with Crippen LogP contribution >= 0.6 is 0 Å². The van der Waals surface area contributed by atoms with Crippen LogP contribution in [0.15, 0.2) is 60.8 Å². The highest BCUT2D eigenvalue weighted by Crippen LogP contribution is 2.36. The van der Waals surface area contributed by atoms with Gasteiger partial charge in [0.15, 0.2) is 0 Å². The zero-order valence-electron chi connectivity index (χ0n) is 15.7. The van der Waals surface area contributed by atoms with Crippen molar-refractivity contribution in [3.05, 3.63) is 71.9 Å². The van der Waals surface area contributed by atoms with Crippen LogP contribution in [0.4, 0.5) is 36.3 Å². The molecule has 4 rings (SSSR count). The molecule has 1 aliphatic rings. The molecule has 0 aliphatic heterocycles. The van der Waals surface area contributed by atoms with Gasteiger partial charge in [0, 0.05) is 17.6 Å². The molecule has 0 amide bonds. The highest BCUT2D eigenvalue weighted by atomic mass is 19.4. The van der Waals surface area contributed by atoms with E-state index in [1.54, 1.807) is 30.3 Å². The van der Waals surface area contributed by atoms with Crippen LogP contribution in [0.25, 0.3) is 0 Å². The summed E-state index contributed by atoms with van der Waals surface area (Å²) >= 11 is 0. The maximum atomic E-state index is 13.4. The summed E-state index contributed by atoms with van der Waals surface area (Å²) < 4.78 is 40.1. The Balaban J connectivity index is 1.56. The minimum Gasteiger partial charge on any atom is -0.340 e. The van der Waals surface area contributed by atoms with Gasteiger partial charge in [0.25, 0.3) is 0 Å². The Morgan fingerprint density at radius 3 is 2.14 bits per heavy atom. The van der Waals surface area contributed by atoms with Crippen molar-refractivity contribution in [2.75, 3.05) is 10.6 Å². The van der Waals surface area contributed by atoms with E-state index >= 15 is 0 Å². The van der Waals surface area contributed by atoms with Gasteiger partial charge >= 0.3 is 6.18 Å². The maximum Gasteiger partial charge on any atom is 0.421 e. The number of nitrogens with one attached hydrogen (secondary N) is 2. The first kappa shape index (κ1) is 19.2. The molecule has 0 atom stereocenters. The van der Waals surface area contributed by atoms with Crippen LogP contribution in [-0.4, -0.2) is 9.97 Å². The summed E-state index contributed by atoms with van der Waals surface area (Å²) in [5.74, 6) is 0.418. The predicted octanol–water partition coefficient (Wildman–Crippen LogP) is 6.64. The highest BCUT2D eigenvalue weighted by molar-refractivity contribution is 5.62. The lowest BCUT2D eigenvalue weighted by atomic mass is 9.98. The number of benzene rings is 2. The van der Waals surface area contributed by atoms with Gasteiger partial charge in [-0.15, -0.1) is 0 Å². The standard InChI is InChI=1S/C22H21F3N4/c23-22(24,25)19-14-26-21(29-20(19)27-17-8-2-1-3-9-17)28-18-12-10-16(11-13-18)15-6-4-5-7-15/h1-3,8-15H,4-7H2,(H2,26,27,28,29). The molecule has 3 aromatic rings. The summed E-state index contributed by atoms with van der Waals surface area (Å²) in [6.07, 6.45) is 1.20. The molecule has 1 aliphatic carbocycles. The molecule has 1 saturated carbocycles. The van der Waals surface area contributed by atoms with Gasteiger partial charge in [-0.05, 0) is 48.6 Å². The normalized spacial score (nSPS) is 14.7. The van der Waals surface area contributed by atoms with Gasteiger partial charge in [-0.2, -0.15) is 18.2 Å². The van der Waals surface area contributed by atoms with E-state index in [4.69, 9.17) is 0 Å². The molecule has 4 nitrogen and oxygen atoms in total. The third kappa shape index (κ3) is 4.67. The second kappa shape index (κ2) is 8.11. The molecule has 0 saturated heterocycles. The topological polar surface area (TPSA) is 49.8 Å². The molecule has 0 bridgehead atoms. The van der Waals surface area contributed by atoms with E-state index in [1.807, 2.05) is 12.1 Å². The Labute approximate surface area is 167 Å². The van der Waals surface area contributed by atoms with E-state index in [-0.39, 0.29) is 11.8 Å². The average Bonchev–Trinajstić information content (AvgIpc) is 3.23. The Kier molecular flexibility index (Phi) is 5.38. The van der Waals surface area contributed by atoms with Gasteiger partial charge in [-0.3, -0.25) is 0 Å². The van der Waals surface area contributed by atoms with Crippen LogP contribution in [0, 0.1) is 0 Å². The van der Waals surface area contributed by atoms with E-state index in [0.717, 1.165) is 11.9 Å². The molecule has 150 valence electrons. The number of hydrogen-bond donors (Lipinski definition) is 2. The molecule has 2 N–H and O–H groups in total. The van der Waals surface area contributed by atoms with E-state index in [1.165, 1.54) is 31.2 Å². The van der Waals surface area contributed by atoms with Gasteiger partial charge in [0.05, 0.1) is 0 Å². The Morgan fingerprint density at radius 2 is 1.48 bits per heavy atom. The second-order valence-corrected chi connectivity index (χ2v) is 7.17. The third-order valence-electron chi connectivity index (χ3n) is 5.12. The monoisotopic (exact) mass is 398 g/mol. The molecule has 0 unspecified atom stereocenters. The minimum atomic E-state index is -4.56. The number of aromatic nitrogens is 2. The lowest BCUT2D eigenvalue weighted by Gasteiger charge is -2.15. The third-order valence-corrected chi connectivity index (χ3v) is 5.12. The van der Waals surface area contributed by atoms with Gasteiger partial charge in [0.2, 0.25) is 5.95 Å². The van der Waals surface area contributed by atoms with E-state index < -0.39 is 11.7 Å². The molecule has 1 heterocycles.